The molecular formula is C13H13ClN2O. The van der Waals surface area contributed by atoms with E-state index in [1.54, 1.807) is 6.20 Å². The predicted molar refractivity (Wildman–Crippen MR) is 69.0 cm³/mol. The van der Waals surface area contributed by atoms with Gasteiger partial charge in [-0.1, -0.05) is 36.2 Å². The van der Waals surface area contributed by atoms with Gasteiger partial charge in [-0.2, -0.15) is 9.78 Å². The molecule has 0 spiro atoms. The minimum atomic E-state index is -0.269. The fourth-order valence-corrected chi connectivity index (χ4v) is 1.85. The van der Waals surface area contributed by atoms with Gasteiger partial charge in [0.05, 0.1) is 11.9 Å². The molecule has 1 heterocycles. The van der Waals surface area contributed by atoms with Crippen LogP contribution < -0.4 is 5.56 Å². The topological polar surface area (TPSA) is 34.9 Å². The first-order chi connectivity index (χ1) is 8.13. The van der Waals surface area contributed by atoms with Crippen LogP contribution in [0.1, 0.15) is 18.1 Å². The molecule has 0 aliphatic rings. The molecule has 0 N–H and O–H groups in total. The van der Waals surface area contributed by atoms with Crippen LogP contribution in [0, 0.1) is 6.92 Å². The van der Waals surface area contributed by atoms with E-state index in [2.05, 4.69) is 5.10 Å². The monoisotopic (exact) mass is 248 g/mol. The smallest absolute Gasteiger partial charge is 0.266 e. The first kappa shape index (κ1) is 11.9. The fraction of sp³-hybridized carbons (Fsp3) is 0.231. The van der Waals surface area contributed by atoms with Gasteiger partial charge in [-0.25, -0.2) is 0 Å². The molecule has 1 aromatic carbocycles. The number of benzene rings is 1. The molecule has 2 rings (SSSR count). The average Bonchev–Trinajstić information content (AvgIpc) is 2.34. The summed E-state index contributed by atoms with van der Waals surface area (Å²) in [5, 5.41) is 4.38. The number of hydrogen-bond acceptors (Lipinski definition) is 2. The highest BCUT2D eigenvalue weighted by atomic mass is 35.5. The number of aromatic nitrogens is 2. The van der Waals surface area contributed by atoms with Crippen molar-refractivity contribution in [2.24, 2.45) is 0 Å². The second-order valence-corrected chi connectivity index (χ2v) is 4.27. The van der Waals surface area contributed by atoms with Crippen molar-refractivity contribution < 1.29 is 0 Å². The van der Waals surface area contributed by atoms with Crippen LogP contribution in [0.2, 0.25) is 5.02 Å². The molecule has 0 aliphatic carbocycles. The van der Waals surface area contributed by atoms with Crippen LogP contribution in [0.25, 0.3) is 5.69 Å². The van der Waals surface area contributed by atoms with Crippen molar-refractivity contribution in [2.75, 3.05) is 0 Å². The number of nitrogens with zero attached hydrogens (tertiary/aromatic N) is 2. The van der Waals surface area contributed by atoms with Crippen LogP contribution in [0.3, 0.4) is 0 Å². The van der Waals surface area contributed by atoms with Gasteiger partial charge in [-0.05, 0) is 31.0 Å². The number of halogens is 1. The Morgan fingerprint density at radius 1 is 1.29 bits per heavy atom. The Morgan fingerprint density at radius 3 is 2.53 bits per heavy atom. The number of hydrogen-bond donors (Lipinski definition) is 0. The minimum absolute atomic E-state index is 0.253. The van der Waals surface area contributed by atoms with E-state index in [1.165, 1.54) is 4.68 Å². The normalized spacial score (nSPS) is 10.5. The Balaban J connectivity index is 2.57. The molecule has 0 fully saturated rings. The van der Waals surface area contributed by atoms with Gasteiger partial charge in [0, 0.05) is 0 Å². The third-order valence-corrected chi connectivity index (χ3v) is 3.05. The summed E-state index contributed by atoms with van der Waals surface area (Å²) in [6.45, 7) is 3.94. The number of aryl methyl sites for hydroxylation is 2. The van der Waals surface area contributed by atoms with Crippen molar-refractivity contribution in [1.82, 2.24) is 9.78 Å². The molecular weight excluding hydrogens is 236 g/mol. The summed E-state index contributed by atoms with van der Waals surface area (Å²) in [5.41, 5.74) is 2.37. The van der Waals surface area contributed by atoms with Crippen molar-refractivity contribution in [1.29, 1.82) is 0 Å². The van der Waals surface area contributed by atoms with Gasteiger partial charge in [0.15, 0.2) is 0 Å². The zero-order chi connectivity index (χ0) is 12.4. The van der Waals surface area contributed by atoms with E-state index in [9.17, 15) is 4.79 Å². The molecule has 0 atom stereocenters. The van der Waals surface area contributed by atoms with Gasteiger partial charge < -0.3 is 0 Å². The van der Waals surface area contributed by atoms with Gasteiger partial charge in [0.25, 0.3) is 5.56 Å². The van der Waals surface area contributed by atoms with E-state index in [0.717, 1.165) is 16.8 Å². The number of rotatable bonds is 2. The minimum Gasteiger partial charge on any atom is -0.266 e. The summed E-state index contributed by atoms with van der Waals surface area (Å²) in [4.78, 5) is 12.0. The Bertz CT molecular complexity index is 587. The molecule has 3 nitrogen and oxygen atoms in total. The summed E-state index contributed by atoms with van der Waals surface area (Å²) in [6, 6.07) is 7.58. The molecule has 0 bridgehead atoms. The van der Waals surface area contributed by atoms with Crippen molar-refractivity contribution in [2.45, 2.75) is 20.3 Å². The third kappa shape index (κ3) is 2.24. The average molecular weight is 249 g/mol. The Morgan fingerprint density at radius 2 is 1.94 bits per heavy atom. The lowest BCUT2D eigenvalue weighted by atomic mass is 10.2. The maximum absolute atomic E-state index is 12.0. The standard InChI is InChI=1S/C13H13ClN2O/c1-3-10-8-15-16(13(17)12(10)14)11-6-4-9(2)5-7-11/h4-8H,3H2,1-2H3. The zero-order valence-corrected chi connectivity index (χ0v) is 10.5. The first-order valence-corrected chi connectivity index (χ1v) is 5.85. The van der Waals surface area contributed by atoms with E-state index >= 15 is 0 Å². The van der Waals surface area contributed by atoms with Crippen LogP contribution >= 0.6 is 11.6 Å². The zero-order valence-electron chi connectivity index (χ0n) is 9.77. The lowest BCUT2D eigenvalue weighted by Gasteiger charge is -2.07. The maximum Gasteiger partial charge on any atom is 0.290 e. The fourth-order valence-electron chi connectivity index (χ4n) is 1.58. The van der Waals surface area contributed by atoms with Crippen molar-refractivity contribution in [3.63, 3.8) is 0 Å². The Labute approximate surface area is 105 Å². The summed E-state index contributed by atoms with van der Waals surface area (Å²) < 4.78 is 1.32. The first-order valence-electron chi connectivity index (χ1n) is 5.47. The van der Waals surface area contributed by atoms with E-state index in [0.29, 0.717) is 6.42 Å². The van der Waals surface area contributed by atoms with Crippen LogP contribution in [0.15, 0.2) is 35.3 Å². The molecule has 4 heteroatoms. The molecule has 17 heavy (non-hydrogen) atoms. The van der Waals surface area contributed by atoms with Gasteiger partial charge in [-0.15, -0.1) is 0 Å². The lowest BCUT2D eigenvalue weighted by molar-refractivity contribution is 0.794. The highest BCUT2D eigenvalue weighted by Gasteiger charge is 2.08. The Hall–Kier alpha value is -1.61. The van der Waals surface area contributed by atoms with Crippen molar-refractivity contribution in [3.05, 3.63) is 57.0 Å². The van der Waals surface area contributed by atoms with Crippen LogP contribution in [-0.4, -0.2) is 9.78 Å². The second-order valence-electron chi connectivity index (χ2n) is 3.89. The van der Waals surface area contributed by atoms with Crippen molar-refractivity contribution in [3.8, 4) is 5.69 Å². The molecule has 88 valence electrons. The molecule has 0 saturated heterocycles. The van der Waals surface area contributed by atoms with E-state index in [-0.39, 0.29) is 10.6 Å². The van der Waals surface area contributed by atoms with Gasteiger partial charge in [0.2, 0.25) is 0 Å². The van der Waals surface area contributed by atoms with Gasteiger partial charge >= 0.3 is 0 Å². The van der Waals surface area contributed by atoms with Gasteiger partial charge in [-0.3, -0.25) is 4.79 Å². The largest absolute Gasteiger partial charge is 0.290 e. The quantitative estimate of drug-likeness (QED) is 0.819. The molecule has 0 amide bonds. The van der Waals surface area contributed by atoms with Crippen LogP contribution in [0.5, 0.6) is 0 Å². The molecule has 0 unspecified atom stereocenters. The molecule has 0 aliphatic heterocycles. The summed E-state index contributed by atoms with van der Waals surface area (Å²) in [5.74, 6) is 0. The predicted octanol–water partition coefficient (Wildman–Crippen LogP) is 2.76. The molecule has 0 radical (unpaired) electrons. The van der Waals surface area contributed by atoms with Crippen LogP contribution in [-0.2, 0) is 6.42 Å². The van der Waals surface area contributed by atoms with Gasteiger partial charge in [0.1, 0.15) is 5.02 Å². The highest BCUT2D eigenvalue weighted by molar-refractivity contribution is 6.31. The van der Waals surface area contributed by atoms with E-state index in [1.807, 2.05) is 38.1 Å². The summed E-state index contributed by atoms with van der Waals surface area (Å²) >= 11 is 6.01. The molecule has 2 aromatic rings. The summed E-state index contributed by atoms with van der Waals surface area (Å²) in [6.07, 6.45) is 2.35. The Kier molecular flexibility index (Phi) is 3.29. The highest BCUT2D eigenvalue weighted by Crippen LogP contribution is 2.12. The van der Waals surface area contributed by atoms with Crippen molar-refractivity contribution >= 4 is 11.6 Å². The molecule has 0 saturated carbocycles. The molecule has 1 aromatic heterocycles. The third-order valence-electron chi connectivity index (χ3n) is 2.65. The summed E-state index contributed by atoms with van der Waals surface area (Å²) in [7, 11) is 0. The van der Waals surface area contributed by atoms with Crippen LogP contribution in [0.4, 0.5) is 0 Å². The van der Waals surface area contributed by atoms with E-state index in [4.69, 9.17) is 11.6 Å². The lowest BCUT2D eigenvalue weighted by Crippen LogP contribution is -2.22. The maximum atomic E-state index is 12.0. The van der Waals surface area contributed by atoms with E-state index < -0.39 is 0 Å². The SMILES string of the molecule is CCc1cnn(-c2ccc(C)cc2)c(=O)c1Cl. The second kappa shape index (κ2) is 4.72.